The molecule has 0 aliphatic heterocycles. The lowest BCUT2D eigenvalue weighted by Crippen LogP contribution is -2.17. The number of methoxy groups -OCH3 is 1. The van der Waals surface area contributed by atoms with E-state index in [9.17, 15) is 5.11 Å². The van der Waals surface area contributed by atoms with Crippen molar-refractivity contribution < 1.29 is 14.4 Å². The molecule has 0 fully saturated rings. The van der Waals surface area contributed by atoms with E-state index in [2.05, 4.69) is 10.1 Å². The van der Waals surface area contributed by atoms with Gasteiger partial charge < -0.3 is 14.4 Å². The molecule has 0 aliphatic carbocycles. The van der Waals surface area contributed by atoms with Gasteiger partial charge in [0, 0.05) is 13.0 Å². The fourth-order valence-electron chi connectivity index (χ4n) is 1.04. The predicted molar refractivity (Wildman–Crippen MR) is 50.0 cm³/mol. The summed E-state index contributed by atoms with van der Waals surface area (Å²) in [5.74, 6) is 1.37. The molecule has 0 saturated carbocycles. The van der Waals surface area contributed by atoms with Crippen LogP contribution in [0.15, 0.2) is 4.52 Å². The number of ether oxygens (including phenoxy) is 1. The van der Waals surface area contributed by atoms with Crippen LogP contribution < -0.4 is 0 Å². The van der Waals surface area contributed by atoms with Crippen molar-refractivity contribution in [1.29, 1.82) is 0 Å². The Kier molecular flexibility index (Phi) is 4.03. The number of hydrogen-bond acceptors (Lipinski definition) is 5. The number of hydrogen-bond donors (Lipinski definition) is 1. The molecule has 1 aromatic rings. The summed E-state index contributed by atoms with van der Waals surface area (Å²) in [4.78, 5) is 4.14. The molecule has 0 bridgehead atoms. The third-order valence-electron chi connectivity index (χ3n) is 1.77. The van der Waals surface area contributed by atoms with Gasteiger partial charge in [-0.05, 0) is 0 Å². The van der Waals surface area contributed by atoms with E-state index in [-0.39, 0.29) is 12.5 Å². The Morgan fingerprint density at radius 1 is 1.50 bits per heavy atom. The van der Waals surface area contributed by atoms with Gasteiger partial charge in [-0.2, -0.15) is 4.98 Å². The van der Waals surface area contributed by atoms with E-state index in [0.717, 1.165) is 0 Å². The van der Waals surface area contributed by atoms with Gasteiger partial charge in [-0.15, -0.1) is 0 Å². The van der Waals surface area contributed by atoms with Gasteiger partial charge in [0.05, 0.1) is 19.1 Å². The predicted octanol–water partition coefficient (Wildman–Crippen LogP) is 0.743. The van der Waals surface area contributed by atoms with Crippen molar-refractivity contribution in [2.45, 2.75) is 32.3 Å². The van der Waals surface area contributed by atoms with E-state index in [1.165, 1.54) is 7.11 Å². The highest BCUT2D eigenvalue weighted by Crippen LogP contribution is 2.10. The standard InChI is InChI=1S/C9H16N2O3/c1-6(2)9-10-8(14-11-9)4-7(12)5-13-3/h6-7,12H,4-5H2,1-3H3. The molecule has 1 unspecified atom stereocenters. The van der Waals surface area contributed by atoms with Crippen molar-refractivity contribution >= 4 is 0 Å². The van der Waals surface area contributed by atoms with Crippen molar-refractivity contribution in [2.75, 3.05) is 13.7 Å². The van der Waals surface area contributed by atoms with Gasteiger partial charge >= 0.3 is 0 Å². The summed E-state index contributed by atoms with van der Waals surface area (Å²) in [6, 6.07) is 0. The molecular formula is C9H16N2O3. The Morgan fingerprint density at radius 2 is 2.21 bits per heavy atom. The molecule has 0 aliphatic rings. The van der Waals surface area contributed by atoms with E-state index >= 15 is 0 Å². The minimum atomic E-state index is -0.583. The Morgan fingerprint density at radius 3 is 2.71 bits per heavy atom. The van der Waals surface area contributed by atoms with Gasteiger partial charge in [0.15, 0.2) is 5.82 Å². The molecular weight excluding hydrogens is 184 g/mol. The van der Waals surface area contributed by atoms with Gasteiger partial charge in [-0.3, -0.25) is 0 Å². The van der Waals surface area contributed by atoms with Crippen molar-refractivity contribution in [3.05, 3.63) is 11.7 Å². The molecule has 0 aromatic carbocycles. The van der Waals surface area contributed by atoms with Crippen LogP contribution in [0.25, 0.3) is 0 Å². The van der Waals surface area contributed by atoms with Crippen LogP contribution in [0.4, 0.5) is 0 Å². The maximum atomic E-state index is 9.40. The van der Waals surface area contributed by atoms with Crippen molar-refractivity contribution in [1.82, 2.24) is 10.1 Å². The number of aliphatic hydroxyl groups excluding tert-OH is 1. The largest absolute Gasteiger partial charge is 0.390 e. The highest BCUT2D eigenvalue weighted by molar-refractivity contribution is 4.92. The normalized spacial score (nSPS) is 13.5. The summed E-state index contributed by atoms with van der Waals surface area (Å²) in [5.41, 5.74) is 0. The fourth-order valence-corrected chi connectivity index (χ4v) is 1.04. The first-order chi connectivity index (χ1) is 6.63. The second kappa shape index (κ2) is 5.07. The minimum absolute atomic E-state index is 0.243. The molecule has 1 rings (SSSR count). The first-order valence-electron chi connectivity index (χ1n) is 4.63. The third kappa shape index (κ3) is 3.08. The molecule has 5 heteroatoms. The zero-order valence-corrected chi connectivity index (χ0v) is 8.73. The van der Waals surface area contributed by atoms with Gasteiger partial charge in [0.25, 0.3) is 0 Å². The van der Waals surface area contributed by atoms with E-state index in [0.29, 0.717) is 18.1 Å². The van der Waals surface area contributed by atoms with Gasteiger partial charge in [0.2, 0.25) is 5.89 Å². The number of aromatic nitrogens is 2. The first kappa shape index (κ1) is 11.1. The van der Waals surface area contributed by atoms with Crippen LogP contribution in [-0.4, -0.2) is 35.1 Å². The first-order valence-corrected chi connectivity index (χ1v) is 4.63. The summed E-state index contributed by atoms with van der Waals surface area (Å²) >= 11 is 0. The third-order valence-corrected chi connectivity index (χ3v) is 1.77. The molecule has 0 spiro atoms. The van der Waals surface area contributed by atoms with Crippen LogP contribution in [0.2, 0.25) is 0 Å². The Hall–Kier alpha value is -0.940. The van der Waals surface area contributed by atoms with Crippen LogP contribution in [0.1, 0.15) is 31.5 Å². The molecule has 1 heterocycles. The van der Waals surface area contributed by atoms with Crippen molar-refractivity contribution in [2.24, 2.45) is 0 Å². The lowest BCUT2D eigenvalue weighted by molar-refractivity contribution is 0.0599. The Bertz CT molecular complexity index is 273. The molecule has 1 N–H and O–H groups in total. The summed E-state index contributed by atoms with van der Waals surface area (Å²) in [5, 5.41) is 13.2. The molecule has 14 heavy (non-hydrogen) atoms. The molecule has 1 atom stereocenters. The highest BCUT2D eigenvalue weighted by Gasteiger charge is 2.13. The topological polar surface area (TPSA) is 68.4 Å². The van der Waals surface area contributed by atoms with Crippen LogP contribution in [0.3, 0.4) is 0 Å². The quantitative estimate of drug-likeness (QED) is 0.759. The molecule has 0 radical (unpaired) electrons. The molecule has 0 amide bonds. The van der Waals surface area contributed by atoms with E-state index in [1.807, 2.05) is 13.8 Å². The van der Waals surface area contributed by atoms with Crippen LogP contribution in [-0.2, 0) is 11.2 Å². The van der Waals surface area contributed by atoms with E-state index in [4.69, 9.17) is 9.26 Å². The second-order valence-electron chi connectivity index (χ2n) is 3.51. The Labute approximate surface area is 83.1 Å². The SMILES string of the molecule is COCC(O)Cc1nc(C(C)C)no1. The number of nitrogens with zero attached hydrogens (tertiary/aromatic N) is 2. The average Bonchev–Trinajstić information content (AvgIpc) is 2.53. The molecule has 0 saturated heterocycles. The summed E-state index contributed by atoms with van der Waals surface area (Å²) in [6.07, 6.45) is -0.242. The highest BCUT2D eigenvalue weighted by atomic mass is 16.5. The minimum Gasteiger partial charge on any atom is -0.390 e. The maximum absolute atomic E-state index is 9.40. The second-order valence-corrected chi connectivity index (χ2v) is 3.51. The Balaban J connectivity index is 2.51. The molecule has 1 aromatic heterocycles. The molecule has 80 valence electrons. The maximum Gasteiger partial charge on any atom is 0.229 e. The lowest BCUT2D eigenvalue weighted by atomic mass is 10.2. The summed E-state index contributed by atoms with van der Waals surface area (Å²) in [7, 11) is 1.54. The fraction of sp³-hybridized carbons (Fsp3) is 0.778. The zero-order valence-electron chi connectivity index (χ0n) is 8.73. The lowest BCUT2D eigenvalue weighted by Gasteiger charge is -2.04. The number of rotatable bonds is 5. The molecule has 5 nitrogen and oxygen atoms in total. The zero-order chi connectivity index (χ0) is 10.6. The van der Waals surface area contributed by atoms with Crippen molar-refractivity contribution in [3.8, 4) is 0 Å². The number of aliphatic hydroxyl groups is 1. The average molecular weight is 200 g/mol. The smallest absolute Gasteiger partial charge is 0.229 e. The van der Waals surface area contributed by atoms with Crippen LogP contribution in [0.5, 0.6) is 0 Å². The van der Waals surface area contributed by atoms with Crippen molar-refractivity contribution in [3.63, 3.8) is 0 Å². The monoisotopic (exact) mass is 200 g/mol. The summed E-state index contributed by atoms with van der Waals surface area (Å²) < 4.78 is 9.76. The van der Waals surface area contributed by atoms with Crippen LogP contribution in [0, 0.1) is 0 Å². The van der Waals surface area contributed by atoms with E-state index < -0.39 is 6.10 Å². The van der Waals surface area contributed by atoms with Gasteiger partial charge in [-0.1, -0.05) is 19.0 Å². The van der Waals surface area contributed by atoms with Gasteiger partial charge in [-0.25, -0.2) is 0 Å². The summed E-state index contributed by atoms with van der Waals surface area (Å²) in [6.45, 7) is 4.25. The van der Waals surface area contributed by atoms with Crippen LogP contribution >= 0.6 is 0 Å². The van der Waals surface area contributed by atoms with E-state index in [1.54, 1.807) is 0 Å². The van der Waals surface area contributed by atoms with Gasteiger partial charge in [0.1, 0.15) is 0 Å².